The highest BCUT2D eigenvalue weighted by atomic mass is 19.4. The number of anilines is 1. The lowest BCUT2D eigenvalue weighted by Crippen LogP contribution is -2.63. The third-order valence-electron chi connectivity index (χ3n) is 7.07. The van der Waals surface area contributed by atoms with E-state index in [9.17, 15) is 23.1 Å². The van der Waals surface area contributed by atoms with Gasteiger partial charge in [0.05, 0.1) is 29.3 Å². The lowest BCUT2D eigenvalue weighted by molar-refractivity contribution is -0.137. The van der Waals surface area contributed by atoms with Crippen LogP contribution in [-0.4, -0.2) is 63.2 Å². The van der Waals surface area contributed by atoms with Crippen molar-refractivity contribution in [3.8, 4) is 0 Å². The van der Waals surface area contributed by atoms with Crippen LogP contribution in [0.15, 0.2) is 24.5 Å². The Bertz CT molecular complexity index is 999. The van der Waals surface area contributed by atoms with Crippen molar-refractivity contribution in [3.05, 3.63) is 30.1 Å². The number of nitrogens with one attached hydrogen (secondary N) is 2. The first-order valence-electron chi connectivity index (χ1n) is 11.4. The molecule has 1 aromatic heterocycles. The third-order valence-corrected chi connectivity index (χ3v) is 7.07. The standard InChI is InChI=1S/C23H30F3N5O2/c1-14(2)22(33)7-5-17(6-8-22)31-11-16(12-31)30-20(32)10-27-21-18-9-15(23(24,25)26)3-4-19(18)28-13-29-21/h3-4,9,13-14,16-17,33H,5-8,10-12H2,1-2H3,(H,30,32)(H,27,28,29). The highest BCUT2D eigenvalue weighted by Crippen LogP contribution is 2.37. The normalized spacial score (nSPS) is 24.6. The summed E-state index contributed by atoms with van der Waals surface area (Å²) in [5.41, 5.74) is -0.985. The average molecular weight is 466 g/mol. The number of hydrogen-bond acceptors (Lipinski definition) is 6. The zero-order valence-electron chi connectivity index (χ0n) is 18.8. The molecule has 1 amide bonds. The van der Waals surface area contributed by atoms with Crippen molar-refractivity contribution < 1.29 is 23.1 Å². The van der Waals surface area contributed by atoms with Crippen LogP contribution in [0.1, 0.15) is 45.1 Å². The van der Waals surface area contributed by atoms with Gasteiger partial charge in [0.2, 0.25) is 5.91 Å². The van der Waals surface area contributed by atoms with Crippen molar-refractivity contribution in [1.82, 2.24) is 20.2 Å². The summed E-state index contributed by atoms with van der Waals surface area (Å²) < 4.78 is 39.1. The van der Waals surface area contributed by atoms with Crippen molar-refractivity contribution in [1.29, 1.82) is 0 Å². The molecule has 0 spiro atoms. The van der Waals surface area contributed by atoms with Gasteiger partial charge in [-0.15, -0.1) is 0 Å². The molecule has 2 aromatic rings. The van der Waals surface area contributed by atoms with Crippen LogP contribution in [0.4, 0.5) is 19.0 Å². The fourth-order valence-corrected chi connectivity index (χ4v) is 4.76. The summed E-state index contributed by atoms with van der Waals surface area (Å²) in [6, 6.07) is 3.74. The Morgan fingerprint density at radius 2 is 1.94 bits per heavy atom. The van der Waals surface area contributed by atoms with Crippen LogP contribution >= 0.6 is 0 Å². The molecule has 0 atom stereocenters. The number of halogens is 3. The van der Waals surface area contributed by atoms with Gasteiger partial charge in [0.25, 0.3) is 0 Å². The summed E-state index contributed by atoms with van der Waals surface area (Å²) in [7, 11) is 0. The number of amides is 1. The maximum absolute atomic E-state index is 13.0. The van der Waals surface area contributed by atoms with Gasteiger partial charge >= 0.3 is 6.18 Å². The van der Waals surface area contributed by atoms with Crippen LogP contribution in [0, 0.1) is 5.92 Å². The zero-order valence-corrected chi connectivity index (χ0v) is 18.8. The first kappa shape index (κ1) is 23.7. The number of alkyl halides is 3. The third kappa shape index (κ3) is 5.22. The number of carbonyl (C=O) groups excluding carboxylic acids is 1. The van der Waals surface area contributed by atoms with Crippen LogP contribution in [0.25, 0.3) is 10.9 Å². The second-order valence-electron chi connectivity index (χ2n) is 9.51. The number of aromatic nitrogens is 2. The van der Waals surface area contributed by atoms with E-state index in [0.29, 0.717) is 11.6 Å². The van der Waals surface area contributed by atoms with Crippen LogP contribution in [0.5, 0.6) is 0 Å². The summed E-state index contributed by atoms with van der Waals surface area (Å²) >= 11 is 0. The number of aliphatic hydroxyl groups is 1. The molecule has 10 heteroatoms. The molecule has 2 aliphatic rings. The molecule has 4 rings (SSSR count). The van der Waals surface area contributed by atoms with E-state index in [0.717, 1.165) is 50.9 Å². The minimum Gasteiger partial charge on any atom is -0.390 e. The summed E-state index contributed by atoms with van der Waals surface area (Å²) in [6.07, 6.45) is 0.297. The van der Waals surface area contributed by atoms with E-state index in [1.165, 1.54) is 12.4 Å². The van der Waals surface area contributed by atoms with Gasteiger partial charge in [-0.3, -0.25) is 9.69 Å². The molecule has 0 unspecified atom stereocenters. The summed E-state index contributed by atoms with van der Waals surface area (Å²) in [5.74, 6) is 0.203. The molecule has 33 heavy (non-hydrogen) atoms. The van der Waals surface area contributed by atoms with Crippen molar-refractivity contribution in [2.24, 2.45) is 5.92 Å². The number of nitrogens with zero attached hydrogens (tertiary/aromatic N) is 3. The molecule has 0 radical (unpaired) electrons. The van der Waals surface area contributed by atoms with E-state index in [4.69, 9.17) is 0 Å². The molecule has 1 aliphatic heterocycles. The molecule has 7 nitrogen and oxygen atoms in total. The number of benzene rings is 1. The van der Waals surface area contributed by atoms with Gasteiger partial charge < -0.3 is 15.7 Å². The van der Waals surface area contributed by atoms with E-state index >= 15 is 0 Å². The Kier molecular flexibility index (Phi) is 6.50. The van der Waals surface area contributed by atoms with Crippen LogP contribution in [0.3, 0.4) is 0 Å². The monoisotopic (exact) mass is 465 g/mol. The minimum absolute atomic E-state index is 0.0455. The number of hydrogen-bond donors (Lipinski definition) is 3. The van der Waals surface area contributed by atoms with Crippen LogP contribution in [-0.2, 0) is 11.0 Å². The summed E-state index contributed by atoms with van der Waals surface area (Å²) in [6.45, 7) is 5.56. The van der Waals surface area contributed by atoms with Crippen molar-refractivity contribution >= 4 is 22.6 Å². The molecule has 1 saturated heterocycles. The first-order valence-corrected chi connectivity index (χ1v) is 11.4. The van der Waals surface area contributed by atoms with E-state index in [2.05, 4.69) is 39.3 Å². The van der Waals surface area contributed by atoms with Crippen LogP contribution < -0.4 is 10.6 Å². The highest BCUT2D eigenvalue weighted by molar-refractivity contribution is 5.91. The van der Waals surface area contributed by atoms with Gasteiger partial charge in [0.1, 0.15) is 12.1 Å². The number of rotatable bonds is 6. The molecule has 3 N–H and O–H groups in total. The second-order valence-corrected chi connectivity index (χ2v) is 9.51. The van der Waals surface area contributed by atoms with E-state index in [-0.39, 0.29) is 35.6 Å². The quantitative estimate of drug-likeness (QED) is 0.607. The molecular weight excluding hydrogens is 435 g/mol. The van der Waals surface area contributed by atoms with Gasteiger partial charge in [-0.2, -0.15) is 13.2 Å². The Morgan fingerprint density at radius 3 is 2.58 bits per heavy atom. The number of likely N-dealkylation sites (tertiary alicyclic amines) is 1. The Morgan fingerprint density at radius 1 is 1.24 bits per heavy atom. The number of fused-ring (bicyclic) bond motifs is 1. The van der Waals surface area contributed by atoms with Gasteiger partial charge in [-0.25, -0.2) is 9.97 Å². The van der Waals surface area contributed by atoms with Crippen LogP contribution in [0.2, 0.25) is 0 Å². The van der Waals surface area contributed by atoms with E-state index in [1.54, 1.807) is 0 Å². The molecular formula is C23H30F3N5O2. The number of carbonyl (C=O) groups is 1. The predicted octanol–water partition coefficient (Wildman–Crippen LogP) is 3.19. The fraction of sp³-hybridized carbons (Fsp3) is 0.609. The first-order chi connectivity index (χ1) is 15.5. The van der Waals surface area contributed by atoms with Crippen molar-refractivity contribution in [3.63, 3.8) is 0 Å². The lowest BCUT2D eigenvalue weighted by Gasteiger charge is -2.49. The average Bonchev–Trinajstić information content (AvgIpc) is 2.74. The Balaban J connectivity index is 1.26. The lowest BCUT2D eigenvalue weighted by atomic mass is 9.74. The molecule has 1 aliphatic carbocycles. The maximum Gasteiger partial charge on any atom is 0.416 e. The molecule has 180 valence electrons. The van der Waals surface area contributed by atoms with E-state index < -0.39 is 17.3 Å². The topological polar surface area (TPSA) is 90.4 Å². The Hall–Kier alpha value is -2.46. The SMILES string of the molecule is CC(C)C1(O)CCC(N2CC(NC(=O)CNc3ncnc4ccc(C(F)(F)F)cc34)C2)CC1. The Labute approximate surface area is 190 Å². The predicted molar refractivity (Wildman–Crippen MR) is 119 cm³/mol. The maximum atomic E-state index is 13.0. The smallest absolute Gasteiger partial charge is 0.390 e. The van der Waals surface area contributed by atoms with Gasteiger partial charge in [0.15, 0.2) is 0 Å². The van der Waals surface area contributed by atoms with Crippen molar-refractivity contribution in [2.45, 2.75) is 63.4 Å². The fourth-order valence-electron chi connectivity index (χ4n) is 4.76. The second kappa shape index (κ2) is 9.06. The molecule has 1 aromatic carbocycles. The molecule has 1 saturated carbocycles. The summed E-state index contributed by atoms with van der Waals surface area (Å²) in [4.78, 5) is 22.7. The van der Waals surface area contributed by atoms with Gasteiger partial charge in [0, 0.05) is 24.5 Å². The summed E-state index contributed by atoms with van der Waals surface area (Å²) in [5, 5.41) is 16.7. The molecule has 2 fully saturated rings. The van der Waals surface area contributed by atoms with Crippen molar-refractivity contribution in [2.75, 3.05) is 25.0 Å². The van der Waals surface area contributed by atoms with Gasteiger partial charge in [-0.1, -0.05) is 13.8 Å². The molecule has 2 heterocycles. The van der Waals surface area contributed by atoms with E-state index in [1.807, 2.05) is 0 Å². The van der Waals surface area contributed by atoms with Gasteiger partial charge in [-0.05, 0) is 49.8 Å². The largest absolute Gasteiger partial charge is 0.416 e. The highest BCUT2D eigenvalue weighted by Gasteiger charge is 2.40. The zero-order chi connectivity index (χ0) is 23.8. The minimum atomic E-state index is -4.47. The molecule has 0 bridgehead atoms.